The lowest BCUT2D eigenvalue weighted by molar-refractivity contribution is 0.0349. The fourth-order valence-electron chi connectivity index (χ4n) is 1.78. The van der Waals surface area contributed by atoms with Crippen LogP contribution in [0.25, 0.3) is 0 Å². The molecule has 116 valence electrons. The van der Waals surface area contributed by atoms with Crippen LogP contribution in [0.15, 0.2) is 4.52 Å². The quantitative estimate of drug-likeness (QED) is 0.597. The van der Waals surface area contributed by atoms with E-state index in [0.29, 0.717) is 43.8 Å². The molecule has 6 heteroatoms. The van der Waals surface area contributed by atoms with Gasteiger partial charge in [-0.25, -0.2) is 0 Å². The van der Waals surface area contributed by atoms with E-state index in [1.165, 1.54) is 0 Å². The lowest BCUT2D eigenvalue weighted by Gasteiger charge is -2.12. The fourth-order valence-corrected chi connectivity index (χ4v) is 1.78. The van der Waals surface area contributed by atoms with Crippen LogP contribution in [0.3, 0.4) is 0 Å². The minimum absolute atomic E-state index is 0.380. The molecule has 0 radical (unpaired) electrons. The molecule has 0 aliphatic rings. The van der Waals surface area contributed by atoms with Crippen molar-refractivity contribution in [1.29, 1.82) is 0 Å². The maximum absolute atomic E-state index is 9.72. The Bertz CT molecular complexity index is 355. The molecule has 0 aliphatic carbocycles. The summed E-state index contributed by atoms with van der Waals surface area (Å²) >= 11 is 0. The molecule has 0 aliphatic heterocycles. The van der Waals surface area contributed by atoms with Gasteiger partial charge in [-0.15, -0.1) is 0 Å². The second kappa shape index (κ2) is 9.85. The number of ether oxygens (including phenoxy) is 1. The normalized spacial score (nSPS) is 13.1. The number of aromatic nitrogens is 2. The molecule has 0 saturated heterocycles. The summed E-state index contributed by atoms with van der Waals surface area (Å²) in [6.07, 6.45) is 2.41. The first-order valence-electron chi connectivity index (χ1n) is 7.33. The van der Waals surface area contributed by atoms with Crippen molar-refractivity contribution < 1.29 is 14.4 Å². The lowest BCUT2D eigenvalue weighted by Crippen LogP contribution is -2.31. The summed E-state index contributed by atoms with van der Waals surface area (Å²) in [7, 11) is 0. The van der Waals surface area contributed by atoms with Gasteiger partial charge in [0.1, 0.15) is 0 Å². The van der Waals surface area contributed by atoms with E-state index >= 15 is 0 Å². The van der Waals surface area contributed by atoms with Crippen molar-refractivity contribution in [3.05, 3.63) is 11.7 Å². The molecule has 1 atom stereocenters. The zero-order valence-electron chi connectivity index (χ0n) is 12.8. The first-order valence-corrected chi connectivity index (χ1v) is 7.33. The summed E-state index contributed by atoms with van der Waals surface area (Å²) in [4.78, 5) is 4.11. The highest BCUT2D eigenvalue weighted by atomic mass is 16.5. The number of aliphatic hydroxyl groups is 1. The van der Waals surface area contributed by atoms with Crippen LogP contribution < -0.4 is 5.32 Å². The monoisotopic (exact) mass is 285 g/mol. The molecule has 0 saturated carbocycles. The fraction of sp³-hybridized carbons (Fsp3) is 0.857. The molecule has 20 heavy (non-hydrogen) atoms. The Hall–Kier alpha value is -0.980. The number of hydrogen-bond acceptors (Lipinski definition) is 6. The molecule has 1 aromatic rings. The van der Waals surface area contributed by atoms with Crippen LogP contribution >= 0.6 is 0 Å². The van der Waals surface area contributed by atoms with Crippen molar-refractivity contribution in [2.45, 2.75) is 46.1 Å². The second-order valence-electron chi connectivity index (χ2n) is 5.45. The Morgan fingerprint density at radius 1 is 1.40 bits per heavy atom. The molecule has 1 aromatic heterocycles. The molecule has 0 bridgehead atoms. The Morgan fingerprint density at radius 2 is 2.20 bits per heavy atom. The van der Waals surface area contributed by atoms with Gasteiger partial charge in [-0.1, -0.05) is 19.0 Å². The third-order valence-electron chi connectivity index (χ3n) is 2.85. The van der Waals surface area contributed by atoms with Crippen LogP contribution in [-0.4, -0.2) is 47.7 Å². The number of nitrogens with one attached hydrogen (secondary N) is 1. The molecule has 0 fully saturated rings. The number of aryl methyl sites for hydroxylation is 1. The van der Waals surface area contributed by atoms with Crippen LogP contribution in [0, 0.1) is 12.8 Å². The molecule has 0 aromatic carbocycles. The summed E-state index contributed by atoms with van der Waals surface area (Å²) in [6, 6.07) is 0. The summed E-state index contributed by atoms with van der Waals surface area (Å²) in [6.45, 7) is 8.50. The summed E-state index contributed by atoms with van der Waals surface area (Å²) in [5, 5.41) is 16.6. The van der Waals surface area contributed by atoms with E-state index in [9.17, 15) is 5.11 Å². The van der Waals surface area contributed by atoms with Crippen LogP contribution in [0.4, 0.5) is 0 Å². The number of hydrogen-bond donors (Lipinski definition) is 2. The Morgan fingerprint density at radius 3 is 2.85 bits per heavy atom. The van der Waals surface area contributed by atoms with Gasteiger partial charge in [0.2, 0.25) is 5.89 Å². The van der Waals surface area contributed by atoms with Gasteiger partial charge >= 0.3 is 0 Å². The molecule has 1 rings (SSSR count). The molecule has 1 heterocycles. The minimum atomic E-state index is -0.474. The zero-order chi connectivity index (χ0) is 14.8. The largest absolute Gasteiger partial charge is 0.389 e. The molecule has 0 amide bonds. The van der Waals surface area contributed by atoms with E-state index in [-0.39, 0.29) is 0 Å². The summed E-state index contributed by atoms with van der Waals surface area (Å²) in [5.74, 6) is 1.97. The van der Waals surface area contributed by atoms with E-state index in [1.54, 1.807) is 6.92 Å². The van der Waals surface area contributed by atoms with E-state index in [0.717, 1.165) is 19.4 Å². The summed E-state index contributed by atoms with van der Waals surface area (Å²) < 4.78 is 10.4. The third kappa shape index (κ3) is 8.24. The smallest absolute Gasteiger partial charge is 0.227 e. The first-order chi connectivity index (χ1) is 9.58. The van der Waals surface area contributed by atoms with Crippen molar-refractivity contribution >= 4 is 0 Å². The number of nitrogens with zero attached hydrogens (tertiary/aromatic N) is 2. The standard InChI is InChI=1S/C14H27N3O3/c1-11(2)5-4-8-19-10-13(18)9-15-7-6-14-16-12(3)17-20-14/h11,13,15,18H,4-10H2,1-3H3. The van der Waals surface area contributed by atoms with Crippen LogP contribution in [0.5, 0.6) is 0 Å². The van der Waals surface area contributed by atoms with E-state index in [2.05, 4.69) is 29.3 Å². The molecular formula is C14H27N3O3. The van der Waals surface area contributed by atoms with Gasteiger partial charge in [-0.05, 0) is 25.7 Å². The predicted octanol–water partition coefficient (Wildman–Crippen LogP) is 1.32. The Balaban J connectivity index is 1.93. The number of aliphatic hydroxyl groups excluding tert-OH is 1. The van der Waals surface area contributed by atoms with Crippen molar-refractivity contribution in [3.63, 3.8) is 0 Å². The topological polar surface area (TPSA) is 80.4 Å². The van der Waals surface area contributed by atoms with Gasteiger partial charge in [0.05, 0.1) is 12.7 Å². The summed E-state index contributed by atoms with van der Waals surface area (Å²) in [5.41, 5.74) is 0. The Labute approximate surface area is 120 Å². The highest BCUT2D eigenvalue weighted by Gasteiger charge is 2.05. The van der Waals surface area contributed by atoms with Crippen LogP contribution in [0.2, 0.25) is 0 Å². The van der Waals surface area contributed by atoms with E-state index < -0.39 is 6.10 Å². The maximum Gasteiger partial charge on any atom is 0.227 e. The zero-order valence-corrected chi connectivity index (χ0v) is 12.8. The molecule has 6 nitrogen and oxygen atoms in total. The highest BCUT2D eigenvalue weighted by Crippen LogP contribution is 2.03. The molecule has 2 N–H and O–H groups in total. The van der Waals surface area contributed by atoms with Crippen LogP contribution in [-0.2, 0) is 11.2 Å². The average Bonchev–Trinajstić information content (AvgIpc) is 2.80. The first kappa shape index (κ1) is 17.1. The van der Waals surface area contributed by atoms with Crippen molar-refractivity contribution in [1.82, 2.24) is 15.5 Å². The Kier molecular flexibility index (Phi) is 8.41. The lowest BCUT2D eigenvalue weighted by atomic mass is 10.1. The van der Waals surface area contributed by atoms with Gasteiger partial charge in [-0.2, -0.15) is 4.98 Å². The average molecular weight is 285 g/mol. The van der Waals surface area contributed by atoms with Gasteiger partial charge in [0.25, 0.3) is 0 Å². The highest BCUT2D eigenvalue weighted by molar-refractivity contribution is 4.83. The van der Waals surface area contributed by atoms with Gasteiger partial charge in [0.15, 0.2) is 5.82 Å². The molecule has 0 spiro atoms. The van der Waals surface area contributed by atoms with Crippen molar-refractivity contribution in [2.24, 2.45) is 5.92 Å². The van der Waals surface area contributed by atoms with Gasteiger partial charge in [-0.3, -0.25) is 0 Å². The van der Waals surface area contributed by atoms with Crippen LogP contribution in [0.1, 0.15) is 38.4 Å². The predicted molar refractivity (Wildman–Crippen MR) is 76.5 cm³/mol. The van der Waals surface area contributed by atoms with Gasteiger partial charge < -0.3 is 19.7 Å². The molecular weight excluding hydrogens is 258 g/mol. The van der Waals surface area contributed by atoms with E-state index in [1.807, 2.05) is 0 Å². The number of rotatable bonds is 11. The minimum Gasteiger partial charge on any atom is -0.389 e. The second-order valence-corrected chi connectivity index (χ2v) is 5.45. The third-order valence-corrected chi connectivity index (χ3v) is 2.85. The van der Waals surface area contributed by atoms with E-state index in [4.69, 9.17) is 9.26 Å². The molecule has 1 unspecified atom stereocenters. The van der Waals surface area contributed by atoms with Gasteiger partial charge in [0, 0.05) is 26.1 Å². The van der Waals surface area contributed by atoms with Crippen molar-refractivity contribution in [2.75, 3.05) is 26.3 Å². The van der Waals surface area contributed by atoms with Crippen molar-refractivity contribution in [3.8, 4) is 0 Å². The maximum atomic E-state index is 9.72. The SMILES string of the molecule is Cc1noc(CCNCC(O)COCCCC(C)C)n1.